The molecule has 94 valence electrons. The fourth-order valence-electron chi connectivity index (χ4n) is 1.93. The lowest BCUT2D eigenvalue weighted by atomic mass is 10.2. The Kier molecular flexibility index (Phi) is 2.60. The van der Waals surface area contributed by atoms with Crippen LogP contribution in [0.1, 0.15) is 0 Å². The molecule has 0 fully saturated rings. The zero-order valence-corrected chi connectivity index (χ0v) is 9.85. The van der Waals surface area contributed by atoms with Crippen LogP contribution in [0.2, 0.25) is 0 Å². The number of nitro groups is 1. The van der Waals surface area contributed by atoms with Crippen LogP contribution in [0.4, 0.5) is 17.1 Å². The summed E-state index contributed by atoms with van der Waals surface area (Å²) in [6, 6.07) is 10.2. The maximum absolute atomic E-state index is 11.0. The van der Waals surface area contributed by atoms with E-state index in [2.05, 4.69) is 10.3 Å². The molecule has 0 atom stereocenters. The van der Waals surface area contributed by atoms with Gasteiger partial charge in [0, 0.05) is 24.7 Å². The molecule has 6 heteroatoms. The van der Waals surface area contributed by atoms with E-state index >= 15 is 0 Å². The smallest absolute Gasteiger partial charge is 0.292 e. The molecule has 0 bridgehead atoms. The number of nitro benzene ring substituents is 1. The van der Waals surface area contributed by atoms with Crippen LogP contribution in [0, 0.1) is 10.1 Å². The minimum atomic E-state index is -0.409. The standard InChI is InChI=1S/C13H10N4O2/c18-17(19)12-6-2-1-4-10(12)15-11-5-3-8-16-9-7-14-13(11)16/h1-9,15H. The maximum atomic E-state index is 11.0. The van der Waals surface area contributed by atoms with Crippen LogP contribution in [-0.2, 0) is 0 Å². The molecule has 0 unspecified atom stereocenters. The molecule has 0 amide bonds. The Balaban J connectivity index is 2.06. The molecule has 0 aliphatic rings. The highest BCUT2D eigenvalue weighted by Gasteiger charge is 2.13. The van der Waals surface area contributed by atoms with Gasteiger partial charge in [-0.15, -0.1) is 0 Å². The lowest BCUT2D eigenvalue weighted by Crippen LogP contribution is -1.98. The Hall–Kier alpha value is -2.89. The summed E-state index contributed by atoms with van der Waals surface area (Å²) in [4.78, 5) is 14.8. The normalized spacial score (nSPS) is 10.5. The Morgan fingerprint density at radius 3 is 2.74 bits per heavy atom. The van der Waals surface area contributed by atoms with E-state index in [1.165, 1.54) is 6.07 Å². The van der Waals surface area contributed by atoms with Crippen molar-refractivity contribution < 1.29 is 4.92 Å². The van der Waals surface area contributed by atoms with E-state index in [1.54, 1.807) is 24.4 Å². The Morgan fingerprint density at radius 2 is 1.89 bits per heavy atom. The molecular weight excluding hydrogens is 244 g/mol. The first-order valence-corrected chi connectivity index (χ1v) is 5.68. The number of benzene rings is 1. The van der Waals surface area contributed by atoms with Crippen LogP contribution in [0.5, 0.6) is 0 Å². The minimum Gasteiger partial charge on any atom is -0.347 e. The number of rotatable bonds is 3. The molecule has 2 heterocycles. The molecule has 3 aromatic rings. The zero-order valence-electron chi connectivity index (χ0n) is 9.85. The largest absolute Gasteiger partial charge is 0.347 e. The molecule has 0 spiro atoms. The van der Waals surface area contributed by atoms with Crippen molar-refractivity contribution in [1.29, 1.82) is 0 Å². The van der Waals surface area contributed by atoms with Gasteiger partial charge in [0.05, 0.1) is 10.6 Å². The predicted molar refractivity (Wildman–Crippen MR) is 71.6 cm³/mol. The Morgan fingerprint density at radius 1 is 1.11 bits per heavy atom. The number of aromatic nitrogens is 2. The molecule has 0 radical (unpaired) electrons. The quantitative estimate of drug-likeness (QED) is 0.576. The summed E-state index contributed by atoms with van der Waals surface area (Å²) in [7, 11) is 0. The number of para-hydroxylation sites is 2. The lowest BCUT2D eigenvalue weighted by molar-refractivity contribution is -0.383. The fourth-order valence-corrected chi connectivity index (χ4v) is 1.93. The SMILES string of the molecule is O=[N+]([O-])c1ccccc1Nc1cccn2ccnc12. The Bertz CT molecular complexity index is 751. The van der Waals surface area contributed by atoms with Crippen LogP contribution in [-0.4, -0.2) is 14.3 Å². The molecule has 3 rings (SSSR count). The molecule has 1 N–H and O–H groups in total. The van der Waals surface area contributed by atoms with Crippen molar-refractivity contribution in [1.82, 2.24) is 9.38 Å². The molecule has 0 saturated heterocycles. The van der Waals surface area contributed by atoms with Gasteiger partial charge in [-0.1, -0.05) is 12.1 Å². The van der Waals surface area contributed by atoms with Crippen LogP contribution in [0.15, 0.2) is 55.0 Å². The van der Waals surface area contributed by atoms with Crippen LogP contribution < -0.4 is 5.32 Å². The summed E-state index contributed by atoms with van der Waals surface area (Å²) in [5.74, 6) is 0. The second kappa shape index (κ2) is 4.41. The van der Waals surface area contributed by atoms with Crippen molar-refractivity contribution in [3.63, 3.8) is 0 Å². The van der Waals surface area contributed by atoms with Crippen molar-refractivity contribution >= 4 is 22.7 Å². The summed E-state index contributed by atoms with van der Waals surface area (Å²) in [6.45, 7) is 0. The van der Waals surface area contributed by atoms with Crippen LogP contribution in [0.3, 0.4) is 0 Å². The lowest BCUT2D eigenvalue weighted by Gasteiger charge is -2.07. The first-order valence-electron chi connectivity index (χ1n) is 5.68. The van der Waals surface area contributed by atoms with Gasteiger partial charge in [-0.25, -0.2) is 4.98 Å². The Labute approximate surface area is 108 Å². The van der Waals surface area contributed by atoms with Gasteiger partial charge in [0.15, 0.2) is 5.65 Å². The van der Waals surface area contributed by atoms with Crippen molar-refractivity contribution in [3.05, 3.63) is 65.1 Å². The highest BCUT2D eigenvalue weighted by atomic mass is 16.6. The number of pyridine rings is 1. The third-order valence-corrected chi connectivity index (χ3v) is 2.79. The van der Waals surface area contributed by atoms with E-state index < -0.39 is 4.92 Å². The maximum Gasteiger partial charge on any atom is 0.292 e. The number of hydrogen-bond acceptors (Lipinski definition) is 4. The molecule has 2 aromatic heterocycles. The fraction of sp³-hybridized carbons (Fsp3) is 0. The van der Waals surface area contributed by atoms with Gasteiger partial charge in [0.2, 0.25) is 0 Å². The van der Waals surface area contributed by atoms with E-state index in [4.69, 9.17) is 0 Å². The summed E-state index contributed by atoms with van der Waals surface area (Å²) in [6.07, 6.45) is 5.37. The van der Waals surface area contributed by atoms with Crippen LogP contribution >= 0.6 is 0 Å². The highest BCUT2D eigenvalue weighted by Crippen LogP contribution is 2.28. The summed E-state index contributed by atoms with van der Waals surface area (Å²) < 4.78 is 1.84. The van der Waals surface area contributed by atoms with Crippen molar-refractivity contribution in [3.8, 4) is 0 Å². The van der Waals surface area contributed by atoms with E-state index in [-0.39, 0.29) is 5.69 Å². The van der Waals surface area contributed by atoms with Crippen molar-refractivity contribution in [2.45, 2.75) is 0 Å². The van der Waals surface area contributed by atoms with Gasteiger partial charge in [-0.05, 0) is 18.2 Å². The number of fused-ring (bicyclic) bond motifs is 1. The minimum absolute atomic E-state index is 0.0380. The van der Waals surface area contributed by atoms with Crippen molar-refractivity contribution in [2.75, 3.05) is 5.32 Å². The van der Waals surface area contributed by atoms with E-state index in [0.717, 1.165) is 11.3 Å². The van der Waals surface area contributed by atoms with E-state index in [1.807, 2.05) is 28.9 Å². The average molecular weight is 254 g/mol. The van der Waals surface area contributed by atoms with Gasteiger partial charge in [-0.2, -0.15) is 0 Å². The average Bonchev–Trinajstić information content (AvgIpc) is 2.88. The number of hydrogen-bond donors (Lipinski definition) is 1. The second-order valence-corrected chi connectivity index (χ2v) is 3.98. The number of nitrogens with one attached hydrogen (secondary N) is 1. The molecule has 0 aliphatic heterocycles. The molecule has 19 heavy (non-hydrogen) atoms. The van der Waals surface area contributed by atoms with Crippen molar-refractivity contribution in [2.24, 2.45) is 0 Å². The first kappa shape index (κ1) is 11.2. The zero-order chi connectivity index (χ0) is 13.2. The third kappa shape index (κ3) is 1.99. The monoisotopic (exact) mass is 254 g/mol. The first-order chi connectivity index (χ1) is 9.25. The van der Waals surface area contributed by atoms with Gasteiger partial charge in [-0.3, -0.25) is 10.1 Å². The van der Waals surface area contributed by atoms with Gasteiger partial charge in [0.1, 0.15) is 5.69 Å². The highest BCUT2D eigenvalue weighted by molar-refractivity contribution is 5.77. The van der Waals surface area contributed by atoms with Gasteiger partial charge in [0.25, 0.3) is 5.69 Å². The van der Waals surface area contributed by atoms with E-state index in [9.17, 15) is 10.1 Å². The molecular formula is C13H10N4O2. The summed E-state index contributed by atoms with van der Waals surface area (Å²) in [5.41, 5.74) is 1.93. The number of imidazole rings is 1. The predicted octanol–water partition coefficient (Wildman–Crippen LogP) is 2.99. The summed E-state index contributed by atoms with van der Waals surface area (Å²) in [5, 5.41) is 14.0. The van der Waals surface area contributed by atoms with Gasteiger partial charge < -0.3 is 9.72 Å². The van der Waals surface area contributed by atoms with Gasteiger partial charge >= 0.3 is 0 Å². The molecule has 6 nitrogen and oxygen atoms in total. The molecule has 1 aromatic carbocycles. The number of anilines is 2. The second-order valence-electron chi connectivity index (χ2n) is 3.98. The van der Waals surface area contributed by atoms with Crippen LogP contribution in [0.25, 0.3) is 5.65 Å². The third-order valence-electron chi connectivity index (χ3n) is 2.79. The number of nitrogens with zero attached hydrogens (tertiary/aromatic N) is 3. The molecule has 0 aliphatic carbocycles. The molecule has 0 saturated carbocycles. The topological polar surface area (TPSA) is 72.5 Å². The summed E-state index contributed by atoms with van der Waals surface area (Å²) >= 11 is 0. The van der Waals surface area contributed by atoms with E-state index in [0.29, 0.717) is 5.69 Å².